The Bertz CT molecular complexity index is 1020. The Morgan fingerprint density at radius 1 is 1.16 bits per heavy atom. The van der Waals surface area contributed by atoms with Gasteiger partial charge in [-0.3, -0.25) is 9.59 Å². The highest BCUT2D eigenvalue weighted by atomic mass is 19.1. The Morgan fingerprint density at radius 2 is 1.88 bits per heavy atom. The smallest absolute Gasteiger partial charge is 0.257 e. The van der Waals surface area contributed by atoms with E-state index >= 15 is 0 Å². The zero-order valence-corrected chi connectivity index (χ0v) is 18.8. The maximum absolute atomic E-state index is 14.4. The summed E-state index contributed by atoms with van der Waals surface area (Å²) in [7, 11) is 0. The summed E-state index contributed by atoms with van der Waals surface area (Å²) in [6.45, 7) is 8.02. The summed E-state index contributed by atoms with van der Waals surface area (Å²) in [5, 5.41) is 0. The van der Waals surface area contributed by atoms with Gasteiger partial charge in [0.1, 0.15) is 5.82 Å². The Morgan fingerprint density at radius 3 is 2.56 bits per heavy atom. The first-order valence-electron chi connectivity index (χ1n) is 11.1. The van der Waals surface area contributed by atoms with Gasteiger partial charge in [-0.25, -0.2) is 14.4 Å². The van der Waals surface area contributed by atoms with Crippen LogP contribution in [-0.2, 0) is 14.9 Å². The summed E-state index contributed by atoms with van der Waals surface area (Å²) < 4.78 is 19.8. The van der Waals surface area contributed by atoms with Crippen LogP contribution in [0.15, 0.2) is 30.5 Å². The molecule has 0 N–H and O–H groups in total. The zero-order valence-electron chi connectivity index (χ0n) is 18.8. The van der Waals surface area contributed by atoms with E-state index in [2.05, 4.69) is 9.97 Å². The predicted octanol–water partition coefficient (Wildman–Crippen LogP) is 3.04. The van der Waals surface area contributed by atoms with E-state index in [1.807, 2.05) is 0 Å². The Balaban J connectivity index is 1.57. The topological polar surface area (TPSA) is 75.6 Å². The molecule has 0 spiro atoms. The molecule has 3 heterocycles. The largest absolute Gasteiger partial charge is 0.378 e. The van der Waals surface area contributed by atoms with E-state index in [9.17, 15) is 14.0 Å². The summed E-state index contributed by atoms with van der Waals surface area (Å²) in [5.74, 6) is -0.118. The normalized spacial score (nSPS) is 19.3. The molecule has 2 aliphatic heterocycles. The molecular formula is C24H29FN4O3. The van der Waals surface area contributed by atoms with Crippen molar-refractivity contribution in [2.24, 2.45) is 0 Å². The number of carbonyl (C=O) groups is 2. The summed E-state index contributed by atoms with van der Waals surface area (Å²) >= 11 is 0. The number of aryl methyl sites for hydroxylation is 1. The molecule has 2 aromatic rings. The van der Waals surface area contributed by atoms with Gasteiger partial charge in [0.25, 0.3) is 5.91 Å². The average molecular weight is 441 g/mol. The van der Waals surface area contributed by atoms with E-state index in [1.165, 1.54) is 6.07 Å². The second kappa shape index (κ2) is 8.94. The number of benzene rings is 1. The maximum Gasteiger partial charge on any atom is 0.257 e. The Labute approximate surface area is 187 Å². The van der Waals surface area contributed by atoms with Gasteiger partial charge in [0, 0.05) is 31.4 Å². The van der Waals surface area contributed by atoms with E-state index in [-0.39, 0.29) is 23.7 Å². The fourth-order valence-corrected chi connectivity index (χ4v) is 4.51. The number of aromatic nitrogens is 2. The number of rotatable bonds is 4. The van der Waals surface area contributed by atoms with Crippen LogP contribution >= 0.6 is 0 Å². The van der Waals surface area contributed by atoms with E-state index in [1.54, 1.807) is 55.0 Å². The van der Waals surface area contributed by atoms with Gasteiger partial charge in [-0.2, -0.15) is 0 Å². The van der Waals surface area contributed by atoms with Crippen molar-refractivity contribution in [3.63, 3.8) is 0 Å². The maximum atomic E-state index is 14.4. The lowest BCUT2D eigenvalue weighted by Gasteiger charge is -2.33. The third-order valence-corrected chi connectivity index (χ3v) is 6.42. The van der Waals surface area contributed by atoms with E-state index in [4.69, 9.17) is 4.74 Å². The first-order valence-corrected chi connectivity index (χ1v) is 11.1. The predicted molar refractivity (Wildman–Crippen MR) is 117 cm³/mol. The van der Waals surface area contributed by atoms with Gasteiger partial charge >= 0.3 is 0 Å². The fourth-order valence-electron chi connectivity index (χ4n) is 4.51. The van der Waals surface area contributed by atoms with Gasteiger partial charge in [-0.05, 0) is 39.7 Å². The molecule has 1 atom stereocenters. The van der Waals surface area contributed by atoms with Crippen LogP contribution in [0, 0.1) is 12.7 Å². The molecule has 0 unspecified atom stereocenters. The van der Waals surface area contributed by atoms with Crippen LogP contribution < -0.4 is 0 Å². The van der Waals surface area contributed by atoms with Gasteiger partial charge in [-0.1, -0.05) is 18.2 Å². The molecule has 2 fully saturated rings. The minimum atomic E-state index is -1.02. The number of ether oxygens (including phenoxy) is 1. The molecule has 0 aliphatic carbocycles. The second-order valence-electron chi connectivity index (χ2n) is 8.89. The van der Waals surface area contributed by atoms with Gasteiger partial charge in [0.2, 0.25) is 5.91 Å². The first kappa shape index (κ1) is 22.3. The number of hydrogen-bond acceptors (Lipinski definition) is 5. The van der Waals surface area contributed by atoms with Gasteiger partial charge in [0.15, 0.2) is 5.82 Å². The summed E-state index contributed by atoms with van der Waals surface area (Å²) in [6, 6.07) is 6.10. The number of morpholine rings is 1. The standard InChI is InChI=1S/C24H29FN4O3/c1-16-17(22(30)28-11-13-32-14-12-28)15-26-21(27-16)20-9-6-10-29(20)23(31)24(2,3)18-7-4-5-8-19(18)25/h4-5,7-8,15,20H,6,9-14H2,1-3H3/t20-/m1/s1. The highest BCUT2D eigenvalue weighted by molar-refractivity contribution is 5.95. The van der Waals surface area contributed by atoms with Gasteiger partial charge < -0.3 is 14.5 Å². The number of amides is 2. The molecule has 1 aromatic carbocycles. The molecule has 0 bridgehead atoms. The van der Waals surface area contributed by atoms with Crippen LogP contribution in [0.25, 0.3) is 0 Å². The fraction of sp³-hybridized carbons (Fsp3) is 0.500. The molecule has 32 heavy (non-hydrogen) atoms. The highest BCUT2D eigenvalue weighted by Crippen LogP contribution is 2.36. The SMILES string of the molecule is Cc1nc([C@H]2CCCN2C(=O)C(C)(C)c2ccccc2F)ncc1C(=O)N1CCOCC1. The molecule has 0 radical (unpaired) electrons. The monoisotopic (exact) mass is 440 g/mol. The van der Waals surface area contributed by atoms with Crippen LogP contribution in [-0.4, -0.2) is 64.4 Å². The van der Waals surface area contributed by atoms with E-state index < -0.39 is 5.41 Å². The molecule has 2 saturated heterocycles. The van der Waals surface area contributed by atoms with Crippen molar-refractivity contribution in [2.75, 3.05) is 32.8 Å². The highest BCUT2D eigenvalue weighted by Gasteiger charge is 2.41. The van der Waals surface area contributed by atoms with Crippen molar-refractivity contribution < 1.29 is 18.7 Å². The van der Waals surface area contributed by atoms with Crippen molar-refractivity contribution in [3.8, 4) is 0 Å². The van der Waals surface area contributed by atoms with Crippen LogP contribution in [0.3, 0.4) is 0 Å². The van der Waals surface area contributed by atoms with Crippen molar-refractivity contribution in [3.05, 3.63) is 58.9 Å². The second-order valence-corrected chi connectivity index (χ2v) is 8.89. The summed E-state index contributed by atoms with van der Waals surface area (Å²) in [4.78, 5) is 38.9. The molecule has 1 aromatic heterocycles. The van der Waals surface area contributed by atoms with Crippen LogP contribution in [0.4, 0.5) is 4.39 Å². The lowest BCUT2D eigenvalue weighted by molar-refractivity contribution is -0.137. The minimum absolute atomic E-state index is 0.0996. The van der Waals surface area contributed by atoms with Crippen molar-refractivity contribution in [1.82, 2.24) is 19.8 Å². The molecule has 8 heteroatoms. The van der Waals surface area contributed by atoms with Gasteiger partial charge in [0.05, 0.1) is 35.9 Å². The molecular weight excluding hydrogens is 411 g/mol. The van der Waals surface area contributed by atoms with Crippen molar-refractivity contribution in [2.45, 2.75) is 45.1 Å². The lowest BCUT2D eigenvalue weighted by Crippen LogP contribution is -2.44. The average Bonchev–Trinajstić information content (AvgIpc) is 3.28. The van der Waals surface area contributed by atoms with Crippen LogP contribution in [0.1, 0.15) is 60.2 Å². The molecule has 170 valence electrons. The van der Waals surface area contributed by atoms with E-state index in [0.717, 1.165) is 12.8 Å². The zero-order chi connectivity index (χ0) is 22.9. The Hall–Kier alpha value is -2.87. The van der Waals surface area contributed by atoms with Crippen LogP contribution in [0.5, 0.6) is 0 Å². The third-order valence-electron chi connectivity index (χ3n) is 6.42. The minimum Gasteiger partial charge on any atom is -0.378 e. The number of hydrogen-bond donors (Lipinski definition) is 0. The number of carbonyl (C=O) groups excluding carboxylic acids is 2. The summed E-state index contributed by atoms with van der Waals surface area (Å²) in [6.07, 6.45) is 3.12. The van der Waals surface area contributed by atoms with Crippen molar-refractivity contribution >= 4 is 11.8 Å². The van der Waals surface area contributed by atoms with E-state index in [0.29, 0.717) is 55.5 Å². The third kappa shape index (κ3) is 4.11. The molecule has 0 saturated carbocycles. The van der Waals surface area contributed by atoms with Crippen molar-refractivity contribution in [1.29, 1.82) is 0 Å². The first-order chi connectivity index (χ1) is 15.3. The number of nitrogens with zero attached hydrogens (tertiary/aromatic N) is 4. The Kier molecular flexibility index (Phi) is 6.24. The quantitative estimate of drug-likeness (QED) is 0.731. The summed E-state index contributed by atoms with van der Waals surface area (Å²) in [5.41, 5.74) is 0.423. The molecule has 7 nitrogen and oxygen atoms in total. The number of likely N-dealkylation sites (tertiary alicyclic amines) is 1. The number of halogens is 1. The molecule has 2 aliphatic rings. The lowest BCUT2D eigenvalue weighted by atomic mass is 9.82. The molecule has 2 amide bonds. The van der Waals surface area contributed by atoms with Crippen LogP contribution in [0.2, 0.25) is 0 Å². The molecule has 4 rings (SSSR count). The van der Waals surface area contributed by atoms with Gasteiger partial charge in [-0.15, -0.1) is 0 Å².